The molecule has 0 aliphatic rings. The van der Waals surface area contributed by atoms with Gasteiger partial charge < -0.3 is 25.1 Å². The third-order valence-corrected chi connectivity index (χ3v) is 3.29. The molecule has 5 nitrogen and oxygen atoms in total. The minimum atomic E-state index is -0.807. The van der Waals surface area contributed by atoms with E-state index in [9.17, 15) is 5.11 Å². The first kappa shape index (κ1) is 15.0. The maximum absolute atomic E-state index is 10.5. The molecular weight excluding hydrogens is 270 g/mol. The number of rotatable bonds is 5. The van der Waals surface area contributed by atoms with E-state index in [0.29, 0.717) is 34.1 Å². The molecule has 0 bridgehead atoms. The number of nitrogen functional groups attached to an aromatic ring is 1. The number of hydrogen-bond acceptors (Lipinski definition) is 5. The van der Waals surface area contributed by atoms with Crippen LogP contribution in [-0.4, -0.2) is 26.4 Å². The fraction of sp³-hybridized carbons (Fsp3) is 0.250. The molecule has 0 aromatic heterocycles. The van der Waals surface area contributed by atoms with Crippen LogP contribution < -0.4 is 19.9 Å². The van der Waals surface area contributed by atoms with Crippen molar-refractivity contribution in [3.63, 3.8) is 0 Å². The predicted octanol–water partition coefficient (Wildman–Crippen LogP) is 2.38. The molecule has 0 saturated heterocycles. The molecule has 21 heavy (non-hydrogen) atoms. The lowest BCUT2D eigenvalue weighted by atomic mass is 10.0. The van der Waals surface area contributed by atoms with E-state index in [-0.39, 0.29) is 0 Å². The minimum absolute atomic E-state index is 0.481. The van der Waals surface area contributed by atoms with Crippen molar-refractivity contribution >= 4 is 5.69 Å². The fourth-order valence-corrected chi connectivity index (χ4v) is 2.14. The Morgan fingerprint density at radius 1 is 0.810 bits per heavy atom. The number of hydrogen-bond donors (Lipinski definition) is 2. The van der Waals surface area contributed by atoms with Gasteiger partial charge in [0.1, 0.15) is 11.9 Å². The van der Waals surface area contributed by atoms with Crippen LogP contribution in [-0.2, 0) is 0 Å². The summed E-state index contributed by atoms with van der Waals surface area (Å²) in [4.78, 5) is 0. The summed E-state index contributed by atoms with van der Waals surface area (Å²) in [5, 5.41) is 10.5. The average molecular weight is 289 g/mol. The number of benzene rings is 2. The largest absolute Gasteiger partial charge is 0.495 e. The van der Waals surface area contributed by atoms with Gasteiger partial charge in [-0.05, 0) is 35.4 Å². The van der Waals surface area contributed by atoms with Crippen LogP contribution in [0.2, 0.25) is 0 Å². The molecule has 0 fully saturated rings. The van der Waals surface area contributed by atoms with Crippen molar-refractivity contribution < 1.29 is 19.3 Å². The van der Waals surface area contributed by atoms with E-state index in [2.05, 4.69) is 0 Å². The van der Waals surface area contributed by atoms with E-state index < -0.39 is 6.10 Å². The molecule has 5 heteroatoms. The molecule has 0 heterocycles. The van der Waals surface area contributed by atoms with Crippen molar-refractivity contribution in [3.8, 4) is 17.2 Å². The smallest absolute Gasteiger partial charge is 0.161 e. The van der Waals surface area contributed by atoms with Crippen LogP contribution in [0.3, 0.4) is 0 Å². The normalized spacial score (nSPS) is 11.8. The third kappa shape index (κ3) is 3.03. The highest BCUT2D eigenvalue weighted by Crippen LogP contribution is 2.33. The molecule has 2 aromatic rings. The molecule has 0 spiro atoms. The van der Waals surface area contributed by atoms with Crippen molar-refractivity contribution in [1.82, 2.24) is 0 Å². The highest BCUT2D eigenvalue weighted by atomic mass is 16.5. The van der Waals surface area contributed by atoms with Crippen LogP contribution in [0.15, 0.2) is 36.4 Å². The summed E-state index contributed by atoms with van der Waals surface area (Å²) in [6, 6.07) is 10.5. The van der Waals surface area contributed by atoms with Crippen LogP contribution in [0.4, 0.5) is 5.69 Å². The second kappa shape index (κ2) is 6.37. The van der Waals surface area contributed by atoms with Crippen molar-refractivity contribution in [2.75, 3.05) is 27.1 Å². The van der Waals surface area contributed by atoms with E-state index in [1.165, 1.54) is 0 Å². The lowest BCUT2D eigenvalue weighted by molar-refractivity contribution is 0.219. The zero-order valence-corrected chi connectivity index (χ0v) is 12.3. The Hall–Kier alpha value is -2.40. The van der Waals surface area contributed by atoms with Gasteiger partial charge in [0, 0.05) is 0 Å². The van der Waals surface area contributed by atoms with Gasteiger partial charge in [0.25, 0.3) is 0 Å². The van der Waals surface area contributed by atoms with Gasteiger partial charge in [-0.15, -0.1) is 0 Å². The molecule has 1 atom stereocenters. The molecule has 0 unspecified atom stereocenters. The Morgan fingerprint density at radius 3 is 1.86 bits per heavy atom. The van der Waals surface area contributed by atoms with Gasteiger partial charge in [0.15, 0.2) is 11.5 Å². The lowest BCUT2D eigenvalue weighted by Gasteiger charge is -2.15. The number of aliphatic hydroxyl groups is 1. The molecule has 0 saturated carbocycles. The molecule has 112 valence electrons. The monoisotopic (exact) mass is 289 g/mol. The second-order valence-corrected chi connectivity index (χ2v) is 4.52. The fourth-order valence-electron chi connectivity index (χ4n) is 2.14. The van der Waals surface area contributed by atoms with Crippen LogP contribution in [0.25, 0.3) is 0 Å². The maximum atomic E-state index is 10.5. The number of anilines is 1. The summed E-state index contributed by atoms with van der Waals surface area (Å²) in [5.74, 6) is 1.76. The SMILES string of the molecule is COc1ccc([C@H](O)c2ccc(OC)c(OC)c2)cc1N. The third-order valence-electron chi connectivity index (χ3n) is 3.29. The average Bonchev–Trinajstić information content (AvgIpc) is 2.53. The zero-order chi connectivity index (χ0) is 15.4. The molecule has 0 radical (unpaired) electrons. The Bertz CT molecular complexity index is 628. The first-order valence-corrected chi connectivity index (χ1v) is 6.44. The quantitative estimate of drug-likeness (QED) is 0.827. The van der Waals surface area contributed by atoms with Gasteiger partial charge in [0.05, 0.1) is 27.0 Å². The van der Waals surface area contributed by atoms with Gasteiger partial charge in [-0.3, -0.25) is 0 Å². The second-order valence-electron chi connectivity index (χ2n) is 4.52. The van der Waals surface area contributed by atoms with Crippen LogP contribution in [0, 0.1) is 0 Å². The molecule has 2 aromatic carbocycles. The lowest BCUT2D eigenvalue weighted by Crippen LogP contribution is -2.02. The Kier molecular flexibility index (Phi) is 4.55. The molecule has 0 aliphatic carbocycles. The summed E-state index contributed by atoms with van der Waals surface area (Å²) in [7, 11) is 4.67. The van der Waals surface area contributed by atoms with Crippen LogP contribution in [0.1, 0.15) is 17.2 Å². The van der Waals surface area contributed by atoms with Gasteiger partial charge in [-0.2, -0.15) is 0 Å². The highest BCUT2D eigenvalue weighted by molar-refractivity contribution is 5.56. The van der Waals surface area contributed by atoms with Crippen LogP contribution in [0.5, 0.6) is 17.2 Å². The summed E-state index contributed by atoms with van der Waals surface area (Å²) >= 11 is 0. The summed E-state index contributed by atoms with van der Waals surface area (Å²) in [6.07, 6.45) is -0.807. The topological polar surface area (TPSA) is 73.9 Å². The summed E-state index contributed by atoms with van der Waals surface area (Å²) in [6.45, 7) is 0. The van der Waals surface area contributed by atoms with E-state index in [0.717, 1.165) is 0 Å². The maximum Gasteiger partial charge on any atom is 0.161 e. The van der Waals surface area contributed by atoms with Gasteiger partial charge in [-0.25, -0.2) is 0 Å². The minimum Gasteiger partial charge on any atom is -0.495 e. The predicted molar refractivity (Wildman–Crippen MR) is 81.0 cm³/mol. The molecule has 0 amide bonds. The van der Waals surface area contributed by atoms with Crippen molar-refractivity contribution in [1.29, 1.82) is 0 Å². The zero-order valence-electron chi connectivity index (χ0n) is 12.3. The van der Waals surface area contributed by atoms with E-state index >= 15 is 0 Å². The highest BCUT2D eigenvalue weighted by Gasteiger charge is 2.15. The van der Waals surface area contributed by atoms with Gasteiger partial charge in [0.2, 0.25) is 0 Å². The van der Waals surface area contributed by atoms with Crippen molar-refractivity contribution in [2.45, 2.75) is 6.10 Å². The molecule has 2 rings (SSSR count). The Labute approximate surface area is 123 Å². The molecular formula is C16H19NO4. The Balaban J connectivity index is 2.35. The van der Waals surface area contributed by atoms with Crippen molar-refractivity contribution in [2.24, 2.45) is 0 Å². The number of ether oxygens (including phenoxy) is 3. The first-order chi connectivity index (χ1) is 10.1. The van der Waals surface area contributed by atoms with E-state index in [4.69, 9.17) is 19.9 Å². The first-order valence-electron chi connectivity index (χ1n) is 6.44. The van der Waals surface area contributed by atoms with Crippen molar-refractivity contribution in [3.05, 3.63) is 47.5 Å². The number of nitrogens with two attached hydrogens (primary N) is 1. The molecule has 0 aliphatic heterocycles. The summed E-state index contributed by atoms with van der Waals surface area (Å²) in [5.41, 5.74) is 7.72. The van der Waals surface area contributed by atoms with Crippen LogP contribution >= 0.6 is 0 Å². The Morgan fingerprint density at radius 2 is 1.33 bits per heavy atom. The molecule has 3 N–H and O–H groups in total. The summed E-state index contributed by atoms with van der Waals surface area (Å²) < 4.78 is 15.5. The number of methoxy groups -OCH3 is 3. The van der Waals surface area contributed by atoms with Gasteiger partial charge in [-0.1, -0.05) is 12.1 Å². The van der Waals surface area contributed by atoms with E-state index in [1.54, 1.807) is 57.7 Å². The van der Waals surface area contributed by atoms with Gasteiger partial charge >= 0.3 is 0 Å². The number of aliphatic hydroxyl groups excluding tert-OH is 1. The standard InChI is InChI=1S/C16H19NO4/c1-19-13-6-4-10(8-12(13)17)16(18)11-5-7-14(20-2)15(9-11)21-3/h4-9,16,18H,17H2,1-3H3/t16-/m0/s1. The van der Waals surface area contributed by atoms with E-state index in [1.807, 2.05) is 0 Å².